The van der Waals surface area contributed by atoms with Crippen molar-refractivity contribution in [3.05, 3.63) is 107 Å². The molecule has 0 bridgehead atoms. The fraction of sp³-hybridized carbons (Fsp3) is 0.353. The third kappa shape index (κ3) is 4.80. The molecule has 0 radical (unpaired) electrons. The largest absolute Gasteiger partial charge is 0.351 e. The van der Waals surface area contributed by atoms with E-state index in [9.17, 15) is 14.0 Å². The normalized spacial score (nSPS) is 20.1. The Labute approximate surface area is 235 Å². The van der Waals surface area contributed by atoms with Crippen LogP contribution in [0.15, 0.2) is 78.9 Å². The first-order chi connectivity index (χ1) is 19.5. The van der Waals surface area contributed by atoms with Gasteiger partial charge >= 0.3 is 0 Å². The van der Waals surface area contributed by atoms with Crippen molar-refractivity contribution < 1.29 is 14.0 Å². The standard InChI is InChI=1S/C34H36FN3O2/c1-24-14-17-26-21-31-32(39)38(22-25-15-18-28(35)19-16-25)34(23-37(31)30(26)20-24,27-10-6-5-7-11-27)33(40)36-29-12-8-3-2-4-9-13-29/h5-7,10-11,14-21,29H,2-4,8-9,12-13,22-23H2,1H3,(H,36,40). The smallest absolute Gasteiger partial charge is 0.272 e. The van der Waals surface area contributed by atoms with E-state index in [1.165, 1.54) is 31.4 Å². The highest BCUT2D eigenvalue weighted by molar-refractivity contribution is 6.04. The summed E-state index contributed by atoms with van der Waals surface area (Å²) in [5.41, 5.74) is 2.87. The molecular weight excluding hydrogens is 501 g/mol. The van der Waals surface area contributed by atoms with Crippen LogP contribution in [0, 0.1) is 12.7 Å². The molecule has 3 aromatic carbocycles. The molecule has 4 aromatic rings. The summed E-state index contributed by atoms with van der Waals surface area (Å²) >= 11 is 0. The number of fused-ring (bicyclic) bond motifs is 3. The third-order valence-electron chi connectivity index (χ3n) is 8.69. The predicted octanol–water partition coefficient (Wildman–Crippen LogP) is 6.87. The first-order valence-corrected chi connectivity index (χ1v) is 14.5. The number of aryl methyl sites for hydroxylation is 1. The van der Waals surface area contributed by atoms with Crippen LogP contribution in [-0.4, -0.2) is 27.3 Å². The predicted molar refractivity (Wildman–Crippen MR) is 155 cm³/mol. The minimum absolute atomic E-state index is 0.0706. The molecule has 2 amide bonds. The molecule has 40 heavy (non-hydrogen) atoms. The fourth-order valence-electron chi connectivity index (χ4n) is 6.51. The van der Waals surface area contributed by atoms with Gasteiger partial charge in [0.25, 0.3) is 11.8 Å². The Morgan fingerprint density at radius 2 is 1.62 bits per heavy atom. The van der Waals surface area contributed by atoms with Gasteiger partial charge in [-0.2, -0.15) is 0 Å². The van der Waals surface area contributed by atoms with Crippen molar-refractivity contribution in [1.29, 1.82) is 0 Å². The summed E-state index contributed by atoms with van der Waals surface area (Å²) < 4.78 is 15.8. The molecular formula is C34H36FN3O2. The second-order valence-electron chi connectivity index (χ2n) is 11.4. The van der Waals surface area contributed by atoms with Crippen molar-refractivity contribution in [3.8, 4) is 0 Å². The van der Waals surface area contributed by atoms with Crippen molar-refractivity contribution in [2.75, 3.05) is 0 Å². The van der Waals surface area contributed by atoms with Gasteiger partial charge in [-0.05, 0) is 60.7 Å². The minimum Gasteiger partial charge on any atom is -0.351 e. The number of amides is 2. The molecule has 2 aliphatic rings. The maximum Gasteiger partial charge on any atom is 0.272 e. The number of nitrogens with zero attached hydrogens (tertiary/aromatic N) is 2. The van der Waals surface area contributed by atoms with Crippen LogP contribution >= 0.6 is 0 Å². The molecule has 206 valence electrons. The van der Waals surface area contributed by atoms with Gasteiger partial charge in [0.1, 0.15) is 11.5 Å². The molecule has 1 atom stereocenters. The van der Waals surface area contributed by atoms with E-state index >= 15 is 0 Å². The lowest BCUT2D eigenvalue weighted by Gasteiger charge is -2.47. The number of hydrogen-bond donors (Lipinski definition) is 1. The lowest BCUT2D eigenvalue weighted by molar-refractivity contribution is -0.136. The maximum absolute atomic E-state index is 14.7. The van der Waals surface area contributed by atoms with E-state index in [1.807, 2.05) is 60.0 Å². The van der Waals surface area contributed by atoms with Crippen molar-refractivity contribution in [1.82, 2.24) is 14.8 Å². The summed E-state index contributed by atoms with van der Waals surface area (Å²) in [7, 11) is 0. The average Bonchev–Trinajstić information content (AvgIpc) is 3.30. The van der Waals surface area contributed by atoms with E-state index in [4.69, 9.17) is 0 Å². The summed E-state index contributed by atoms with van der Waals surface area (Å²) in [5, 5.41) is 4.39. The number of halogens is 1. The van der Waals surface area contributed by atoms with Gasteiger partial charge in [0, 0.05) is 23.5 Å². The SMILES string of the molecule is Cc1ccc2cc3n(c2c1)CC(C(=O)NC1CCCCCCC1)(c1ccccc1)N(Cc1ccc(F)cc1)C3=O. The second-order valence-corrected chi connectivity index (χ2v) is 11.4. The lowest BCUT2D eigenvalue weighted by atomic mass is 9.83. The number of rotatable bonds is 5. The van der Waals surface area contributed by atoms with Crippen LogP contribution in [0.5, 0.6) is 0 Å². The Hall–Kier alpha value is -3.93. The monoisotopic (exact) mass is 537 g/mol. The molecule has 1 saturated carbocycles. The molecule has 1 aromatic heterocycles. The van der Waals surface area contributed by atoms with E-state index in [2.05, 4.69) is 11.4 Å². The Bertz CT molecular complexity index is 1520. The Balaban J connectivity index is 1.52. The van der Waals surface area contributed by atoms with E-state index in [-0.39, 0.29) is 30.2 Å². The molecule has 1 unspecified atom stereocenters. The van der Waals surface area contributed by atoms with Gasteiger partial charge in [-0.15, -0.1) is 0 Å². The Morgan fingerprint density at radius 3 is 2.35 bits per heavy atom. The zero-order valence-electron chi connectivity index (χ0n) is 23.0. The van der Waals surface area contributed by atoms with Gasteiger partial charge in [0.15, 0.2) is 5.54 Å². The zero-order valence-corrected chi connectivity index (χ0v) is 23.0. The van der Waals surface area contributed by atoms with Crippen molar-refractivity contribution in [3.63, 3.8) is 0 Å². The molecule has 1 N–H and O–H groups in total. The third-order valence-corrected chi connectivity index (χ3v) is 8.69. The molecule has 6 heteroatoms. The van der Waals surface area contributed by atoms with Crippen molar-refractivity contribution >= 4 is 22.7 Å². The van der Waals surface area contributed by atoms with Gasteiger partial charge in [0.2, 0.25) is 0 Å². The number of hydrogen-bond acceptors (Lipinski definition) is 2. The number of benzene rings is 3. The van der Waals surface area contributed by atoms with Crippen molar-refractivity contribution in [2.45, 2.75) is 76.5 Å². The highest BCUT2D eigenvalue weighted by Gasteiger charge is 2.52. The second kappa shape index (κ2) is 10.9. The highest BCUT2D eigenvalue weighted by atomic mass is 19.1. The summed E-state index contributed by atoms with van der Waals surface area (Å²) in [6.45, 7) is 2.52. The summed E-state index contributed by atoms with van der Waals surface area (Å²) in [5.74, 6) is -0.693. The highest BCUT2D eigenvalue weighted by Crippen LogP contribution is 2.40. The number of carbonyl (C=O) groups is 2. The number of carbonyl (C=O) groups excluding carboxylic acids is 2. The van der Waals surface area contributed by atoms with Gasteiger partial charge < -0.3 is 14.8 Å². The van der Waals surface area contributed by atoms with Crippen LogP contribution in [0.2, 0.25) is 0 Å². The molecule has 5 nitrogen and oxygen atoms in total. The van der Waals surface area contributed by atoms with E-state index in [0.717, 1.165) is 53.3 Å². The molecule has 2 heterocycles. The van der Waals surface area contributed by atoms with Crippen LogP contribution in [-0.2, 0) is 23.4 Å². The zero-order chi connectivity index (χ0) is 27.7. The fourth-order valence-corrected chi connectivity index (χ4v) is 6.51. The summed E-state index contributed by atoms with van der Waals surface area (Å²) in [6.07, 6.45) is 7.68. The van der Waals surface area contributed by atoms with Crippen molar-refractivity contribution in [2.24, 2.45) is 0 Å². The first-order valence-electron chi connectivity index (χ1n) is 14.5. The van der Waals surface area contributed by atoms with E-state index in [1.54, 1.807) is 17.0 Å². The minimum atomic E-state index is -1.28. The van der Waals surface area contributed by atoms with Gasteiger partial charge in [0.05, 0.1) is 6.54 Å². The summed E-state index contributed by atoms with van der Waals surface area (Å²) in [6, 6.07) is 24.0. The van der Waals surface area contributed by atoms with Crippen LogP contribution < -0.4 is 5.32 Å². The molecule has 1 fully saturated rings. The van der Waals surface area contributed by atoms with E-state index in [0.29, 0.717) is 12.2 Å². The summed E-state index contributed by atoms with van der Waals surface area (Å²) in [4.78, 5) is 30.9. The lowest BCUT2D eigenvalue weighted by Crippen LogP contribution is -2.64. The van der Waals surface area contributed by atoms with Crippen LogP contribution in [0.1, 0.15) is 72.1 Å². The van der Waals surface area contributed by atoms with Gasteiger partial charge in [-0.3, -0.25) is 9.59 Å². The average molecular weight is 538 g/mol. The quantitative estimate of drug-likeness (QED) is 0.302. The Morgan fingerprint density at radius 1 is 0.925 bits per heavy atom. The van der Waals surface area contributed by atoms with Crippen LogP contribution in [0.3, 0.4) is 0 Å². The van der Waals surface area contributed by atoms with Crippen LogP contribution in [0.4, 0.5) is 4.39 Å². The Kier molecular flexibility index (Phi) is 7.18. The topological polar surface area (TPSA) is 54.3 Å². The van der Waals surface area contributed by atoms with Gasteiger partial charge in [-0.1, -0.05) is 86.7 Å². The molecule has 0 saturated heterocycles. The van der Waals surface area contributed by atoms with Crippen LogP contribution in [0.25, 0.3) is 10.9 Å². The van der Waals surface area contributed by atoms with Gasteiger partial charge in [-0.25, -0.2) is 4.39 Å². The number of aromatic nitrogens is 1. The molecule has 6 rings (SSSR count). The molecule has 1 aliphatic heterocycles. The molecule has 0 spiro atoms. The molecule has 1 aliphatic carbocycles. The van der Waals surface area contributed by atoms with E-state index < -0.39 is 5.54 Å². The maximum atomic E-state index is 14.7. The number of nitrogens with one attached hydrogen (secondary N) is 1. The first kappa shape index (κ1) is 26.3.